The van der Waals surface area contributed by atoms with Gasteiger partial charge in [0.1, 0.15) is 11.2 Å². The molecule has 1 saturated carbocycles. The lowest BCUT2D eigenvalue weighted by atomic mass is 10.0. The van der Waals surface area contributed by atoms with Gasteiger partial charge in [-0.3, -0.25) is 9.59 Å². The van der Waals surface area contributed by atoms with E-state index in [4.69, 9.17) is 16.7 Å². The van der Waals surface area contributed by atoms with Crippen molar-refractivity contribution in [1.29, 1.82) is 0 Å². The average molecular weight is 286 g/mol. The second-order valence-electron chi connectivity index (χ2n) is 4.75. The van der Waals surface area contributed by atoms with Crippen LogP contribution < -0.4 is 5.32 Å². The van der Waals surface area contributed by atoms with E-state index in [1.54, 1.807) is 6.92 Å². The summed E-state index contributed by atoms with van der Waals surface area (Å²) >= 11 is 5.89. The van der Waals surface area contributed by atoms with Gasteiger partial charge in [-0.05, 0) is 37.5 Å². The van der Waals surface area contributed by atoms with Crippen molar-refractivity contribution in [3.8, 4) is 0 Å². The normalized spacial score (nSPS) is 17.6. The van der Waals surface area contributed by atoms with E-state index in [1.807, 2.05) is 0 Å². The zero-order valence-electron chi connectivity index (χ0n) is 10.2. The number of hydrogen-bond acceptors (Lipinski definition) is 2. The number of aliphatic carboxylic acids is 1. The molecular weight excluding hydrogens is 273 g/mol. The van der Waals surface area contributed by atoms with Gasteiger partial charge in [-0.15, -0.1) is 0 Å². The van der Waals surface area contributed by atoms with Gasteiger partial charge in [0.2, 0.25) is 5.91 Å². The van der Waals surface area contributed by atoms with E-state index in [2.05, 4.69) is 5.32 Å². The zero-order valence-corrected chi connectivity index (χ0v) is 11.0. The van der Waals surface area contributed by atoms with E-state index in [9.17, 15) is 14.0 Å². The van der Waals surface area contributed by atoms with Crippen LogP contribution >= 0.6 is 11.6 Å². The summed E-state index contributed by atoms with van der Waals surface area (Å²) in [5, 5.41) is 11.8. The second kappa shape index (κ2) is 4.81. The van der Waals surface area contributed by atoms with E-state index in [1.165, 1.54) is 12.1 Å². The van der Waals surface area contributed by atoms with Gasteiger partial charge in [-0.25, -0.2) is 4.39 Å². The van der Waals surface area contributed by atoms with Gasteiger partial charge in [-0.2, -0.15) is 0 Å². The Kier molecular flexibility index (Phi) is 3.49. The maximum Gasteiger partial charge on any atom is 0.319 e. The molecule has 0 spiro atoms. The first-order chi connectivity index (χ1) is 8.86. The van der Waals surface area contributed by atoms with Gasteiger partial charge in [0, 0.05) is 5.02 Å². The Bertz CT molecular complexity index is 543. The minimum absolute atomic E-state index is 0.202. The number of benzene rings is 1. The fraction of sp³-hybridized carbons (Fsp3) is 0.385. The van der Waals surface area contributed by atoms with Gasteiger partial charge >= 0.3 is 5.97 Å². The maximum atomic E-state index is 12.9. The van der Waals surface area contributed by atoms with Crippen molar-refractivity contribution in [2.45, 2.75) is 25.8 Å². The smallest absolute Gasteiger partial charge is 0.319 e. The molecule has 0 aliphatic heterocycles. The average Bonchev–Trinajstić information content (AvgIpc) is 3.09. The third kappa shape index (κ3) is 2.56. The second-order valence-corrected chi connectivity index (χ2v) is 5.16. The van der Waals surface area contributed by atoms with Crippen molar-refractivity contribution in [3.63, 3.8) is 0 Å². The molecule has 19 heavy (non-hydrogen) atoms. The van der Waals surface area contributed by atoms with Gasteiger partial charge in [0.05, 0.1) is 6.04 Å². The largest absolute Gasteiger partial charge is 0.480 e. The van der Waals surface area contributed by atoms with Crippen molar-refractivity contribution < 1.29 is 19.1 Å². The van der Waals surface area contributed by atoms with Crippen molar-refractivity contribution >= 4 is 23.5 Å². The molecule has 2 rings (SSSR count). The fourth-order valence-electron chi connectivity index (χ4n) is 1.93. The highest BCUT2D eigenvalue weighted by molar-refractivity contribution is 6.31. The summed E-state index contributed by atoms with van der Waals surface area (Å²) in [6.45, 7) is 1.68. The Hall–Kier alpha value is -1.62. The summed E-state index contributed by atoms with van der Waals surface area (Å²) in [6, 6.07) is 3.40. The van der Waals surface area contributed by atoms with Gasteiger partial charge in [-0.1, -0.05) is 17.7 Å². The molecule has 1 unspecified atom stereocenters. The molecule has 0 radical (unpaired) electrons. The van der Waals surface area contributed by atoms with Gasteiger partial charge in [0.15, 0.2) is 0 Å². The summed E-state index contributed by atoms with van der Waals surface area (Å²) in [5.74, 6) is -2.09. The zero-order chi connectivity index (χ0) is 14.2. The SMILES string of the molecule is CC(NC(=O)C1(C(=O)O)CC1)c1ccc(F)cc1Cl. The first-order valence-electron chi connectivity index (χ1n) is 5.86. The van der Waals surface area contributed by atoms with Crippen LogP contribution in [0.25, 0.3) is 0 Å². The molecule has 1 amide bonds. The molecule has 1 aromatic carbocycles. The predicted molar refractivity (Wildman–Crippen MR) is 67.3 cm³/mol. The molecule has 6 heteroatoms. The number of carboxylic acid groups (broad SMARTS) is 1. The molecule has 1 atom stereocenters. The number of amides is 1. The van der Waals surface area contributed by atoms with E-state index >= 15 is 0 Å². The molecule has 0 saturated heterocycles. The number of halogens is 2. The lowest BCUT2D eigenvalue weighted by Gasteiger charge is -2.18. The van der Waals surface area contributed by atoms with Crippen LogP contribution in [0.5, 0.6) is 0 Å². The fourth-order valence-corrected chi connectivity index (χ4v) is 2.26. The standard InChI is InChI=1S/C13H13ClFNO3/c1-7(9-3-2-8(15)6-10(9)14)16-11(17)13(4-5-13)12(18)19/h2-3,6-7H,4-5H2,1H3,(H,16,17)(H,18,19). The maximum absolute atomic E-state index is 12.9. The molecule has 2 N–H and O–H groups in total. The van der Waals surface area contributed by atoms with Crippen molar-refractivity contribution in [2.24, 2.45) is 5.41 Å². The third-order valence-electron chi connectivity index (χ3n) is 3.37. The monoisotopic (exact) mass is 285 g/mol. The van der Waals surface area contributed by atoms with Crippen molar-refractivity contribution in [3.05, 3.63) is 34.6 Å². The molecule has 0 bridgehead atoms. The van der Waals surface area contributed by atoms with Crippen LogP contribution in [-0.4, -0.2) is 17.0 Å². The van der Waals surface area contributed by atoms with E-state index < -0.39 is 29.2 Å². The highest BCUT2D eigenvalue weighted by Crippen LogP contribution is 2.46. The first kappa shape index (κ1) is 13.8. The Morgan fingerprint density at radius 1 is 1.47 bits per heavy atom. The Labute approximate surface area is 114 Å². The van der Waals surface area contributed by atoms with Gasteiger partial charge < -0.3 is 10.4 Å². The molecule has 1 aliphatic carbocycles. The minimum Gasteiger partial charge on any atom is -0.480 e. The quantitative estimate of drug-likeness (QED) is 0.836. The summed E-state index contributed by atoms with van der Waals surface area (Å²) in [7, 11) is 0. The van der Waals surface area contributed by atoms with Crippen LogP contribution in [-0.2, 0) is 9.59 Å². The van der Waals surface area contributed by atoms with Crippen LogP contribution in [0.15, 0.2) is 18.2 Å². The molecule has 1 fully saturated rings. The molecule has 102 valence electrons. The summed E-state index contributed by atoms with van der Waals surface area (Å²) in [6.07, 6.45) is 0.691. The number of rotatable bonds is 4. The highest BCUT2D eigenvalue weighted by atomic mass is 35.5. The molecular formula is C13H13ClFNO3. The van der Waals surface area contributed by atoms with Crippen molar-refractivity contribution in [2.75, 3.05) is 0 Å². The van der Waals surface area contributed by atoms with E-state index in [-0.39, 0.29) is 5.02 Å². The third-order valence-corrected chi connectivity index (χ3v) is 3.70. The van der Waals surface area contributed by atoms with Crippen LogP contribution in [0.4, 0.5) is 4.39 Å². The topological polar surface area (TPSA) is 66.4 Å². The van der Waals surface area contributed by atoms with Crippen LogP contribution in [0.2, 0.25) is 5.02 Å². The number of carbonyl (C=O) groups is 2. The molecule has 1 aliphatic rings. The number of carbonyl (C=O) groups excluding carboxylic acids is 1. The highest BCUT2D eigenvalue weighted by Gasteiger charge is 2.57. The lowest BCUT2D eigenvalue weighted by Crippen LogP contribution is -2.38. The van der Waals surface area contributed by atoms with Crippen LogP contribution in [0.3, 0.4) is 0 Å². The van der Waals surface area contributed by atoms with E-state index in [0.717, 1.165) is 6.07 Å². The Balaban J connectivity index is 2.11. The van der Waals surface area contributed by atoms with Gasteiger partial charge in [0.25, 0.3) is 0 Å². The summed E-state index contributed by atoms with van der Waals surface area (Å²) in [5.41, 5.74) is -0.738. The Morgan fingerprint density at radius 3 is 2.58 bits per heavy atom. The lowest BCUT2D eigenvalue weighted by molar-refractivity contribution is -0.149. The molecule has 0 aromatic heterocycles. The minimum atomic E-state index is -1.29. The van der Waals surface area contributed by atoms with Crippen LogP contribution in [0.1, 0.15) is 31.4 Å². The molecule has 0 heterocycles. The predicted octanol–water partition coefficient (Wildman–Crippen LogP) is 2.52. The Morgan fingerprint density at radius 2 is 2.11 bits per heavy atom. The number of carboxylic acids is 1. The molecule has 1 aromatic rings. The van der Waals surface area contributed by atoms with Crippen LogP contribution in [0, 0.1) is 11.2 Å². The summed E-state index contributed by atoms with van der Waals surface area (Å²) in [4.78, 5) is 22.9. The van der Waals surface area contributed by atoms with Crippen molar-refractivity contribution in [1.82, 2.24) is 5.32 Å². The number of nitrogens with one attached hydrogen (secondary N) is 1. The first-order valence-corrected chi connectivity index (χ1v) is 6.24. The van der Waals surface area contributed by atoms with E-state index in [0.29, 0.717) is 18.4 Å². The summed E-state index contributed by atoms with van der Waals surface area (Å²) < 4.78 is 12.9. The number of hydrogen-bond donors (Lipinski definition) is 2. The molecule has 4 nitrogen and oxygen atoms in total.